The van der Waals surface area contributed by atoms with Gasteiger partial charge in [0, 0.05) is 5.56 Å². The summed E-state index contributed by atoms with van der Waals surface area (Å²) in [6.45, 7) is 10.6. The molecule has 1 aromatic rings. The molecule has 0 radical (unpaired) electrons. The predicted molar refractivity (Wildman–Crippen MR) is 72.0 cm³/mol. The normalized spacial score (nSPS) is 9.78. The Morgan fingerprint density at radius 3 is 2.39 bits per heavy atom. The van der Waals surface area contributed by atoms with Crippen molar-refractivity contribution in [2.24, 2.45) is 0 Å². The summed E-state index contributed by atoms with van der Waals surface area (Å²) in [4.78, 5) is 11.3. The Kier molecular flexibility index (Phi) is 4.32. The van der Waals surface area contributed by atoms with E-state index in [2.05, 4.69) is 6.58 Å². The molecule has 3 nitrogen and oxygen atoms in total. The summed E-state index contributed by atoms with van der Waals surface area (Å²) < 4.78 is 5.50. The molecule has 0 heterocycles. The van der Waals surface area contributed by atoms with Crippen LogP contribution in [0.4, 0.5) is 0 Å². The van der Waals surface area contributed by atoms with Gasteiger partial charge in [0.15, 0.2) is 17.3 Å². The van der Waals surface area contributed by atoms with Crippen molar-refractivity contribution in [3.8, 4) is 5.75 Å². The minimum absolute atomic E-state index is 0.0302. The summed E-state index contributed by atoms with van der Waals surface area (Å²) >= 11 is 0. The molecule has 0 amide bonds. The lowest BCUT2D eigenvalue weighted by molar-refractivity contribution is 0.101. The van der Waals surface area contributed by atoms with Crippen LogP contribution in [0.2, 0.25) is 0 Å². The summed E-state index contributed by atoms with van der Waals surface area (Å²) in [5.74, 6) is 0.707. The number of benzene rings is 1. The Morgan fingerprint density at radius 1 is 1.28 bits per heavy atom. The molecule has 0 saturated heterocycles. The van der Waals surface area contributed by atoms with Crippen molar-refractivity contribution >= 4 is 5.78 Å². The largest absolute Gasteiger partial charge is 0.504 e. The van der Waals surface area contributed by atoms with Gasteiger partial charge in [0.2, 0.25) is 0 Å². The van der Waals surface area contributed by atoms with Gasteiger partial charge in [-0.05, 0) is 44.9 Å². The van der Waals surface area contributed by atoms with E-state index in [9.17, 15) is 9.90 Å². The summed E-state index contributed by atoms with van der Waals surface area (Å²) in [6.07, 6.45) is 0. The fourth-order valence-electron chi connectivity index (χ4n) is 1.39. The number of rotatable bonds is 4. The van der Waals surface area contributed by atoms with Gasteiger partial charge in [0.25, 0.3) is 0 Å². The minimum Gasteiger partial charge on any atom is -0.504 e. The van der Waals surface area contributed by atoms with Crippen molar-refractivity contribution in [3.63, 3.8) is 0 Å². The molecule has 18 heavy (non-hydrogen) atoms. The number of aliphatic hydroxyl groups excluding tert-OH is 1. The number of aliphatic hydroxyl groups is 1. The third kappa shape index (κ3) is 3.23. The van der Waals surface area contributed by atoms with Crippen LogP contribution in [0, 0.1) is 6.92 Å². The van der Waals surface area contributed by atoms with E-state index in [0.717, 1.165) is 11.1 Å². The van der Waals surface area contributed by atoms with E-state index in [1.54, 1.807) is 32.0 Å². The highest BCUT2D eigenvalue weighted by Crippen LogP contribution is 2.24. The second kappa shape index (κ2) is 5.54. The monoisotopic (exact) mass is 246 g/mol. The molecule has 0 aromatic heterocycles. The molecule has 1 aromatic carbocycles. The van der Waals surface area contributed by atoms with Crippen molar-refractivity contribution < 1.29 is 14.6 Å². The van der Waals surface area contributed by atoms with Gasteiger partial charge in [-0.25, -0.2) is 0 Å². The van der Waals surface area contributed by atoms with Crippen molar-refractivity contribution in [2.45, 2.75) is 27.7 Å². The van der Waals surface area contributed by atoms with Gasteiger partial charge < -0.3 is 9.84 Å². The average Bonchev–Trinajstić information content (AvgIpc) is 2.30. The standard InChI is InChI=1S/C15H18O3/c1-9(2)15(17)12(5)18-14-8-13(11(4)16)7-6-10(14)3/h6-8,17H,5H2,1-4H3. The fourth-order valence-corrected chi connectivity index (χ4v) is 1.39. The van der Waals surface area contributed by atoms with E-state index in [-0.39, 0.29) is 17.3 Å². The van der Waals surface area contributed by atoms with E-state index in [1.165, 1.54) is 6.92 Å². The van der Waals surface area contributed by atoms with Crippen molar-refractivity contribution in [2.75, 3.05) is 0 Å². The fraction of sp³-hybridized carbons (Fsp3) is 0.267. The molecule has 0 aliphatic heterocycles. The van der Waals surface area contributed by atoms with Gasteiger partial charge >= 0.3 is 0 Å². The van der Waals surface area contributed by atoms with E-state index in [0.29, 0.717) is 11.3 Å². The lowest BCUT2D eigenvalue weighted by Crippen LogP contribution is -2.01. The van der Waals surface area contributed by atoms with Crippen LogP contribution in [0.5, 0.6) is 5.75 Å². The van der Waals surface area contributed by atoms with Crippen LogP contribution in [-0.2, 0) is 0 Å². The number of allylic oxidation sites excluding steroid dienone is 1. The van der Waals surface area contributed by atoms with Crippen molar-refractivity contribution in [1.82, 2.24) is 0 Å². The van der Waals surface area contributed by atoms with Crippen LogP contribution >= 0.6 is 0 Å². The number of hydrogen-bond donors (Lipinski definition) is 1. The maximum absolute atomic E-state index is 11.3. The lowest BCUT2D eigenvalue weighted by atomic mass is 10.1. The molecule has 0 bridgehead atoms. The predicted octanol–water partition coefficient (Wildman–Crippen LogP) is 3.94. The van der Waals surface area contributed by atoms with Crippen LogP contribution in [0.1, 0.15) is 36.7 Å². The number of aryl methyl sites for hydroxylation is 1. The van der Waals surface area contributed by atoms with Gasteiger partial charge in [-0.1, -0.05) is 18.7 Å². The summed E-state index contributed by atoms with van der Waals surface area (Å²) in [6, 6.07) is 5.20. The second-order valence-corrected chi connectivity index (χ2v) is 4.41. The number of carbonyl (C=O) groups excluding carboxylic acids is 1. The van der Waals surface area contributed by atoms with Gasteiger partial charge in [0.1, 0.15) is 5.75 Å². The Hall–Kier alpha value is -2.03. The lowest BCUT2D eigenvalue weighted by Gasteiger charge is -2.12. The smallest absolute Gasteiger partial charge is 0.161 e. The van der Waals surface area contributed by atoms with Gasteiger partial charge in [-0.2, -0.15) is 0 Å². The van der Waals surface area contributed by atoms with Crippen LogP contribution in [0.15, 0.2) is 41.9 Å². The summed E-state index contributed by atoms with van der Waals surface area (Å²) in [7, 11) is 0. The molecule has 3 heteroatoms. The highest BCUT2D eigenvalue weighted by molar-refractivity contribution is 5.94. The summed E-state index contributed by atoms with van der Waals surface area (Å²) in [5.41, 5.74) is 2.17. The molecule has 0 aliphatic carbocycles. The molecule has 1 rings (SSSR count). The van der Waals surface area contributed by atoms with Crippen LogP contribution < -0.4 is 4.74 Å². The Bertz CT molecular complexity index is 521. The average molecular weight is 246 g/mol. The number of hydrogen-bond acceptors (Lipinski definition) is 3. The maximum atomic E-state index is 11.3. The molecule has 0 atom stereocenters. The van der Waals surface area contributed by atoms with Crippen LogP contribution in [0.3, 0.4) is 0 Å². The van der Waals surface area contributed by atoms with Crippen LogP contribution in [-0.4, -0.2) is 10.9 Å². The second-order valence-electron chi connectivity index (χ2n) is 4.41. The van der Waals surface area contributed by atoms with Crippen molar-refractivity contribution in [3.05, 3.63) is 53.0 Å². The first-order valence-corrected chi connectivity index (χ1v) is 5.68. The molecule has 0 spiro atoms. The first-order valence-electron chi connectivity index (χ1n) is 5.68. The summed E-state index contributed by atoms with van der Waals surface area (Å²) in [5, 5.41) is 9.71. The molecule has 0 unspecified atom stereocenters. The Labute approximate surface area is 107 Å². The van der Waals surface area contributed by atoms with E-state index >= 15 is 0 Å². The number of ketones is 1. The van der Waals surface area contributed by atoms with E-state index < -0.39 is 0 Å². The molecule has 96 valence electrons. The first-order chi connectivity index (χ1) is 8.32. The third-order valence-electron chi connectivity index (χ3n) is 2.57. The molecule has 1 N–H and O–H groups in total. The van der Waals surface area contributed by atoms with Gasteiger partial charge in [-0.3, -0.25) is 4.79 Å². The zero-order valence-corrected chi connectivity index (χ0v) is 11.2. The van der Waals surface area contributed by atoms with E-state index in [4.69, 9.17) is 4.74 Å². The highest BCUT2D eigenvalue weighted by Gasteiger charge is 2.09. The minimum atomic E-state index is -0.0306. The highest BCUT2D eigenvalue weighted by atomic mass is 16.5. The maximum Gasteiger partial charge on any atom is 0.161 e. The topological polar surface area (TPSA) is 46.5 Å². The number of ether oxygens (including phenoxy) is 1. The van der Waals surface area contributed by atoms with Gasteiger partial charge in [0.05, 0.1) is 0 Å². The van der Waals surface area contributed by atoms with Crippen LogP contribution in [0.25, 0.3) is 0 Å². The molecule has 0 saturated carbocycles. The molecular weight excluding hydrogens is 228 g/mol. The molecule has 0 fully saturated rings. The number of Topliss-reactive ketones (excluding diaryl/α,β-unsaturated/α-hetero) is 1. The first kappa shape index (κ1) is 14.0. The zero-order chi connectivity index (χ0) is 13.9. The Balaban J connectivity index is 3.05. The SMILES string of the molecule is C=C(Oc1cc(C(C)=O)ccc1C)C(O)=C(C)C. The molecular formula is C15H18O3. The number of carbonyl (C=O) groups is 1. The quantitative estimate of drug-likeness (QED) is 0.497. The van der Waals surface area contributed by atoms with E-state index in [1.807, 2.05) is 6.92 Å². The Morgan fingerprint density at radius 2 is 1.89 bits per heavy atom. The zero-order valence-electron chi connectivity index (χ0n) is 11.2. The van der Waals surface area contributed by atoms with Crippen molar-refractivity contribution in [1.29, 1.82) is 0 Å². The molecule has 0 aliphatic rings. The van der Waals surface area contributed by atoms with Gasteiger partial charge in [-0.15, -0.1) is 0 Å². The third-order valence-corrected chi connectivity index (χ3v) is 2.57.